The molecule has 0 radical (unpaired) electrons. The van der Waals surface area contributed by atoms with E-state index in [0.717, 1.165) is 23.9 Å². The van der Waals surface area contributed by atoms with Crippen molar-refractivity contribution < 1.29 is 9.59 Å². The normalized spacial score (nSPS) is 13.8. The lowest BCUT2D eigenvalue weighted by atomic mass is 10.2. The summed E-state index contributed by atoms with van der Waals surface area (Å²) in [7, 11) is 0. The van der Waals surface area contributed by atoms with Crippen molar-refractivity contribution in [1.82, 2.24) is 21.3 Å². The number of halogens is 1. The summed E-state index contributed by atoms with van der Waals surface area (Å²) in [6.07, 6.45) is 2.01. The van der Waals surface area contributed by atoms with Crippen LogP contribution in [0.4, 0.5) is 0 Å². The van der Waals surface area contributed by atoms with Crippen LogP contribution in [0.3, 0.4) is 0 Å². The number of guanidine groups is 1. The van der Waals surface area contributed by atoms with Crippen LogP contribution in [0.2, 0.25) is 0 Å². The summed E-state index contributed by atoms with van der Waals surface area (Å²) in [5, 5.41) is 12.0. The van der Waals surface area contributed by atoms with E-state index in [2.05, 4.69) is 42.2 Å². The van der Waals surface area contributed by atoms with Gasteiger partial charge in [-0.1, -0.05) is 15.9 Å². The highest BCUT2D eigenvalue weighted by Gasteiger charge is 2.28. The Hall–Kier alpha value is -2.09. The van der Waals surface area contributed by atoms with Crippen LogP contribution in [-0.4, -0.2) is 50.5 Å². The average molecular weight is 424 g/mol. The van der Waals surface area contributed by atoms with Gasteiger partial charge in [0.25, 0.3) is 5.91 Å². The molecular weight excluding hydrogens is 398 g/mol. The molecule has 0 aliphatic heterocycles. The largest absolute Gasteiger partial charge is 0.357 e. The lowest BCUT2D eigenvalue weighted by Gasteiger charge is -2.12. The third-order valence-electron chi connectivity index (χ3n) is 3.78. The van der Waals surface area contributed by atoms with Crippen molar-refractivity contribution in [3.8, 4) is 0 Å². The Morgan fingerprint density at radius 1 is 1.04 bits per heavy atom. The number of hydrogen-bond donors (Lipinski definition) is 4. The van der Waals surface area contributed by atoms with Crippen LogP contribution in [-0.2, 0) is 4.79 Å². The van der Waals surface area contributed by atoms with Crippen LogP contribution in [0.1, 0.15) is 30.1 Å². The molecule has 1 aromatic rings. The molecule has 2 rings (SSSR count). The molecule has 0 aromatic heterocycles. The van der Waals surface area contributed by atoms with Crippen LogP contribution in [0, 0.1) is 5.92 Å². The molecule has 1 aromatic carbocycles. The first-order valence-corrected chi connectivity index (χ1v) is 9.73. The summed E-state index contributed by atoms with van der Waals surface area (Å²) in [5.41, 5.74) is 0.625. The lowest BCUT2D eigenvalue weighted by molar-refractivity contribution is -0.122. The van der Waals surface area contributed by atoms with Crippen LogP contribution >= 0.6 is 15.9 Å². The van der Waals surface area contributed by atoms with E-state index in [0.29, 0.717) is 37.7 Å². The molecule has 1 saturated carbocycles. The smallest absolute Gasteiger partial charge is 0.251 e. The van der Waals surface area contributed by atoms with Crippen molar-refractivity contribution >= 4 is 33.7 Å². The quantitative estimate of drug-likeness (QED) is 0.273. The minimum atomic E-state index is -0.107. The second-order valence-electron chi connectivity index (χ2n) is 6.02. The highest BCUT2D eigenvalue weighted by Crippen LogP contribution is 2.28. The minimum absolute atomic E-state index is 0.107. The van der Waals surface area contributed by atoms with Gasteiger partial charge in [-0.05, 0) is 44.0 Å². The summed E-state index contributed by atoms with van der Waals surface area (Å²) in [5.74, 6) is 0.920. The number of amides is 2. The van der Waals surface area contributed by atoms with Gasteiger partial charge in [0.2, 0.25) is 5.91 Å². The highest BCUT2D eigenvalue weighted by molar-refractivity contribution is 9.10. The molecular formula is C18H26BrN5O2. The topological polar surface area (TPSA) is 94.6 Å². The SMILES string of the molecule is CCNC(=NCCNC(=O)C1CC1)NCCNC(=O)c1ccc(Br)cc1. The molecule has 1 fully saturated rings. The summed E-state index contributed by atoms with van der Waals surface area (Å²) in [6.45, 7) is 4.82. The molecule has 0 saturated heterocycles. The fourth-order valence-electron chi connectivity index (χ4n) is 2.24. The summed E-state index contributed by atoms with van der Waals surface area (Å²) >= 11 is 3.35. The fraction of sp³-hybridized carbons (Fsp3) is 0.500. The van der Waals surface area contributed by atoms with Gasteiger partial charge in [0.05, 0.1) is 6.54 Å². The van der Waals surface area contributed by atoms with Crippen molar-refractivity contribution in [2.24, 2.45) is 10.9 Å². The van der Waals surface area contributed by atoms with E-state index in [9.17, 15) is 9.59 Å². The maximum absolute atomic E-state index is 12.0. The van der Waals surface area contributed by atoms with Crippen molar-refractivity contribution in [1.29, 1.82) is 0 Å². The van der Waals surface area contributed by atoms with Gasteiger partial charge in [-0.25, -0.2) is 0 Å². The Labute approximate surface area is 162 Å². The van der Waals surface area contributed by atoms with Gasteiger partial charge < -0.3 is 21.3 Å². The van der Waals surface area contributed by atoms with E-state index in [1.807, 2.05) is 19.1 Å². The molecule has 0 atom stereocenters. The van der Waals surface area contributed by atoms with Gasteiger partial charge in [-0.3, -0.25) is 14.6 Å². The summed E-state index contributed by atoms with van der Waals surface area (Å²) in [4.78, 5) is 28.0. The molecule has 2 amide bonds. The minimum Gasteiger partial charge on any atom is -0.357 e. The van der Waals surface area contributed by atoms with E-state index >= 15 is 0 Å². The molecule has 1 aliphatic rings. The fourth-order valence-corrected chi connectivity index (χ4v) is 2.50. The predicted octanol–water partition coefficient (Wildman–Crippen LogP) is 1.26. The molecule has 7 nitrogen and oxygen atoms in total. The second kappa shape index (κ2) is 10.8. The Morgan fingerprint density at radius 2 is 1.73 bits per heavy atom. The summed E-state index contributed by atoms with van der Waals surface area (Å²) < 4.78 is 0.940. The zero-order valence-corrected chi connectivity index (χ0v) is 16.6. The molecule has 0 spiro atoms. The number of rotatable bonds is 9. The first-order chi connectivity index (χ1) is 12.6. The zero-order chi connectivity index (χ0) is 18.8. The highest BCUT2D eigenvalue weighted by atomic mass is 79.9. The van der Waals surface area contributed by atoms with Crippen LogP contribution in [0.15, 0.2) is 33.7 Å². The van der Waals surface area contributed by atoms with E-state index in [1.54, 1.807) is 12.1 Å². The van der Waals surface area contributed by atoms with Crippen molar-refractivity contribution in [2.75, 3.05) is 32.7 Å². The molecule has 142 valence electrons. The number of aliphatic imine (C=N–C) groups is 1. The summed E-state index contributed by atoms with van der Waals surface area (Å²) in [6, 6.07) is 7.22. The maximum Gasteiger partial charge on any atom is 0.251 e. The molecule has 0 bridgehead atoms. The number of carbonyl (C=O) groups excluding carboxylic acids is 2. The molecule has 0 unspecified atom stereocenters. The Balaban J connectivity index is 1.64. The predicted molar refractivity (Wildman–Crippen MR) is 106 cm³/mol. The monoisotopic (exact) mass is 423 g/mol. The molecule has 26 heavy (non-hydrogen) atoms. The zero-order valence-electron chi connectivity index (χ0n) is 15.0. The van der Waals surface area contributed by atoms with Crippen molar-refractivity contribution in [2.45, 2.75) is 19.8 Å². The number of hydrogen-bond acceptors (Lipinski definition) is 3. The number of benzene rings is 1. The van der Waals surface area contributed by atoms with Gasteiger partial charge in [-0.2, -0.15) is 0 Å². The lowest BCUT2D eigenvalue weighted by Crippen LogP contribution is -2.42. The maximum atomic E-state index is 12.0. The van der Waals surface area contributed by atoms with Gasteiger partial charge in [-0.15, -0.1) is 0 Å². The number of carbonyl (C=O) groups is 2. The van der Waals surface area contributed by atoms with E-state index < -0.39 is 0 Å². The van der Waals surface area contributed by atoms with Crippen LogP contribution in [0.5, 0.6) is 0 Å². The molecule has 1 aliphatic carbocycles. The van der Waals surface area contributed by atoms with E-state index in [-0.39, 0.29) is 17.7 Å². The second-order valence-corrected chi connectivity index (χ2v) is 6.93. The third-order valence-corrected chi connectivity index (χ3v) is 4.31. The van der Waals surface area contributed by atoms with Crippen molar-refractivity contribution in [3.63, 3.8) is 0 Å². The first-order valence-electron chi connectivity index (χ1n) is 8.93. The third kappa shape index (κ3) is 7.43. The average Bonchev–Trinajstić information content (AvgIpc) is 3.47. The van der Waals surface area contributed by atoms with E-state index in [4.69, 9.17) is 0 Å². The van der Waals surface area contributed by atoms with Crippen LogP contribution < -0.4 is 21.3 Å². The standard InChI is InChI=1S/C18H26BrN5O2/c1-2-20-18(23-11-9-21-16(25)13-3-4-13)24-12-10-22-17(26)14-5-7-15(19)8-6-14/h5-8,13H,2-4,9-12H2,1H3,(H,21,25)(H,22,26)(H2,20,23,24). The van der Waals surface area contributed by atoms with Crippen LogP contribution in [0.25, 0.3) is 0 Å². The van der Waals surface area contributed by atoms with Gasteiger partial charge >= 0.3 is 0 Å². The number of nitrogens with zero attached hydrogens (tertiary/aromatic N) is 1. The number of nitrogens with one attached hydrogen (secondary N) is 4. The van der Waals surface area contributed by atoms with E-state index in [1.165, 1.54) is 0 Å². The Morgan fingerprint density at radius 3 is 2.38 bits per heavy atom. The molecule has 4 N–H and O–H groups in total. The molecule has 0 heterocycles. The van der Waals surface area contributed by atoms with Gasteiger partial charge in [0.15, 0.2) is 5.96 Å². The van der Waals surface area contributed by atoms with Crippen molar-refractivity contribution in [3.05, 3.63) is 34.3 Å². The first kappa shape index (κ1) is 20.2. The Bertz CT molecular complexity index is 629. The van der Waals surface area contributed by atoms with Gasteiger partial charge in [0.1, 0.15) is 0 Å². The Kier molecular flexibility index (Phi) is 8.40. The van der Waals surface area contributed by atoms with Gasteiger partial charge in [0, 0.05) is 42.1 Å². The molecule has 8 heteroatoms.